The summed E-state index contributed by atoms with van der Waals surface area (Å²) in [6.07, 6.45) is 0.672. The van der Waals surface area contributed by atoms with Crippen LogP contribution in [0.4, 0.5) is 0 Å². The van der Waals surface area contributed by atoms with Gasteiger partial charge in [-0.15, -0.1) is 0 Å². The van der Waals surface area contributed by atoms with Gasteiger partial charge in [-0.25, -0.2) is 13.1 Å². The van der Waals surface area contributed by atoms with E-state index in [0.717, 1.165) is 12.1 Å². The van der Waals surface area contributed by atoms with Gasteiger partial charge in [-0.1, -0.05) is 35.0 Å². The molecule has 8 nitrogen and oxygen atoms in total. The van der Waals surface area contributed by atoms with Crippen LogP contribution < -0.4 is 9.46 Å². The maximum absolute atomic E-state index is 12.8. The topological polar surface area (TPSA) is 97.6 Å². The largest absolute Gasteiger partial charge is 0.495 e. The molecule has 1 saturated heterocycles. The summed E-state index contributed by atoms with van der Waals surface area (Å²) in [5.74, 6) is 1.28. The zero-order valence-electron chi connectivity index (χ0n) is 16.3. The van der Waals surface area contributed by atoms with E-state index in [1.807, 2.05) is 30.3 Å². The molecule has 30 heavy (non-hydrogen) atoms. The number of hydrogen-bond acceptors (Lipinski definition) is 7. The summed E-state index contributed by atoms with van der Waals surface area (Å²) < 4.78 is 38.9. The predicted molar refractivity (Wildman–Crippen MR) is 112 cm³/mol. The number of benzene rings is 2. The first kappa shape index (κ1) is 20.8. The third-order valence-corrected chi connectivity index (χ3v) is 6.64. The van der Waals surface area contributed by atoms with Crippen molar-refractivity contribution in [3.05, 3.63) is 59.4 Å². The van der Waals surface area contributed by atoms with Gasteiger partial charge in [0.1, 0.15) is 10.6 Å². The standard InChI is InChI=1S/C20H21ClN4O4S/c1-28-17-8-7-15(21)11-18(17)30(26,27)24-16-9-10-25(12-16)13-19-22-20(29-23-19)14-5-3-2-4-6-14/h2-8,11,16,24H,9-10,12-13H2,1H3/t16-/m1/s1. The number of sulfonamides is 1. The smallest absolute Gasteiger partial charge is 0.257 e. The number of hydrogen-bond donors (Lipinski definition) is 1. The summed E-state index contributed by atoms with van der Waals surface area (Å²) in [4.78, 5) is 6.55. The molecule has 2 heterocycles. The first-order valence-electron chi connectivity index (χ1n) is 9.41. The molecule has 0 bridgehead atoms. The number of likely N-dealkylation sites (tertiary alicyclic amines) is 1. The minimum Gasteiger partial charge on any atom is -0.495 e. The summed E-state index contributed by atoms with van der Waals surface area (Å²) in [6, 6.07) is 13.8. The summed E-state index contributed by atoms with van der Waals surface area (Å²) >= 11 is 5.98. The lowest BCUT2D eigenvalue weighted by Gasteiger charge is -2.16. The molecule has 0 spiro atoms. The molecule has 0 saturated carbocycles. The van der Waals surface area contributed by atoms with E-state index in [2.05, 4.69) is 19.8 Å². The Bertz CT molecular complexity index is 1120. The van der Waals surface area contributed by atoms with Crippen molar-refractivity contribution in [2.45, 2.75) is 23.9 Å². The molecule has 0 amide bonds. The quantitative estimate of drug-likeness (QED) is 0.593. The van der Waals surface area contributed by atoms with E-state index in [0.29, 0.717) is 36.2 Å². The van der Waals surface area contributed by atoms with Gasteiger partial charge in [-0.3, -0.25) is 4.90 Å². The highest BCUT2D eigenvalue weighted by Gasteiger charge is 2.29. The molecule has 3 aromatic rings. The third-order valence-electron chi connectivity index (χ3n) is 4.86. The lowest BCUT2D eigenvalue weighted by atomic mass is 10.2. The molecule has 10 heteroatoms. The first-order valence-corrected chi connectivity index (χ1v) is 11.3. The number of rotatable bonds is 7. The SMILES string of the molecule is COc1ccc(Cl)cc1S(=O)(=O)N[C@@H]1CCN(Cc2noc(-c3ccccc3)n2)C1. The predicted octanol–water partition coefficient (Wildman–Crippen LogP) is 2.95. The number of aromatic nitrogens is 2. The molecule has 0 unspecified atom stereocenters. The highest BCUT2D eigenvalue weighted by molar-refractivity contribution is 7.89. The maximum Gasteiger partial charge on any atom is 0.257 e. The van der Waals surface area contributed by atoms with Crippen molar-refractivity contribution in [2.75, 3.05) is 20.2 Å². The average molecular weight is 449 g/mol. The first-order chi connectivity index (χ1) is 14.4. The highest BCUT2D eigenvalue weighted by atomic mass is 35.5. The molecular weight excluding hydrogens is 428 g/mol. The van der Waals surface area contributed by atoms with Gasteiger partial charge < -0.3 is 9.26 Å². The monoisotopic (exact) mass is 448 g/mol. The number of nitrogens with one attached hydrogen (secondary N) is 1. The molecule has 1 aliphatic rings. The minimum atomic E-state index is -3.77. The van der Waals surface area contributed by atoms with Crippen LogP contribution in [0.3, 0.4) is 0 Å². The van der Waals surface area contributed by atoms with E-state index in [1.54, 1.807) is 12.1 Å². The highest BCUT2D eigenvalue weighted by Crippen LogP contribution is 2.28. The normalized spacial score (nSPS) is 17.3. The number of ether oxygens (including phenoxy) is 1. The Morgan fingerprint density at radius 3 is 2.83 bits per heavy atom. The number of methoxy groups -OCH3 is 1. The molecule has 2 aromatic carbocycles. The van der Waals surface area contributed by atoms with Crippen LogP contribution in [0, 0.1) is 0 Å². The molecular formula is C20H21ClN4O4S. The average Bonchev–Trinajstić information content (AvgIpc) is 3.38. The molecule has 1 atom stereocenters. The Kier molecular flexibility index (Phi) is 6.05. The maximum atomic E-state index is 12.8. The third kappa shape index (κ3) is 4.65. The Hall–Kier alpha value is -2.46. The molecule has 1 aliphatic heterocycles. The zero-order valence-corrected chi connectivity index (χ0v) is 17.9. The van der Waals surface area contributed by atoms with Crippen LogP contribution in [-0.2, 0) is 16.6 Å². The van der Waals surface area contributed by atoms with E-state index in [1.165, 1.54) is 13.2 Å². The van der Waals surface area contributed by atoms with Crippen LogP contribution in [0.25, 0.3) is 11.5 Å². The summed E-state index contributed by atoms with van der Waals surface area (Å²) in [5.41, 5.74) is 0.860. The summed E-state index contributed by atoms with van der Waals surface area (Å²) in [7, 11) is -2.35. The van der Waals surface area contributed by atoms with Gasteiger partial charge >= 0.3 is 0 Å². The fourth-order valence-corrected chi connectivity index (χ4v) is 5.13. The van der Waals surface area contributed by atoms with E-state index in [4.69, 9.17) is 20.9 Å². The Morgan fingerprint density at radius 1 is 1.27 bits per heavy atom. The van der Waals surface area contributed by atoms with Crippen LogP contribution in [0.5, 0.6) is 5.75 Å². The van der Waals surface area contributed by atoms with Crippen LogP contribution in [0.2, 0.25) is 5.02 Å². The van der Waals surface area contributed by atoms with Gasteiger partial charge in [0.25, 0.3) is 5.89 Å². The van der Waals surface area contributed by atoms with Gasteiger partial charge in [0, 0.05) is 29.7 Å². The van der Waals surface area contributed by atoms with Gasteiger partial charge in [0.05, 0.1) is 13.7 Å². The summed E-state index contributed by atoms with van der Waals surface area (Å²) in [6.45, 7) is 1.74. The molecule has 1 aromatic heterocycles. The van der Waals surface area contributed by atoms with E-state index in [9.17, 15) is 8.42 Å². The van der Waals surface area contributed by atoms with Crippen molar-refractivity contribution in [1.82, 2.24) is 19.8 Å². The van der Waals surface area contributed by atoms with Gasteiger partial charge in [0.15, 0.2) is 5.82 Å². The molecule has 1 N–H and O–H groups in total. The van der Waals surface area contributed by atoms with Gasteiger partial charge in [-0.2, -0.15) is 4.98 Å². The minimum absolute atomic E-state index is 0.0293. The second kappa shape index (κ2) is 8.73. The lowest BCUT2D eigenvalue weighted by molar-refractivity contribution is 0.307. The van der Waals surface area contributed by atoms with Crippen molar-refractivity contribution in [3.63, 3.8) is 0 Å². The second-order valence-corrected chi connectivity index (χ2v) is 9.14. The second-order valence-electron chi connectivity index (χ2n) is 7.02. The van der Waals surface area contributed by atoms with Crippen molar-refractivity contribution in [1.29, 1.82) is 0 Å². The fourth-order valence-electron chi connectivity index (χ4n) is 3.43. The Balaban J connectivity index is 1.39. The van der Waals surface area contributed by atoms with E-state index < -0.39 is 10.0 Å². The van der Waals surface area contributed by atoms with Crippen molar-refractivity contribution >= 4 is 21.6 Å². The Labute approximate surface area is 179 Å². The molecule has 158 valence electrons. The van der Waals surface area contributed by atoms with Crippen LogP contribution in [-0.4, -0.2) is 49.7 Å². The number of nitrogens with zero attached hydrogens (tertiary/aromatic N) is 3. The van der Waals surface area contributed by atoms with E-state index >= 15 is 0 Å². The van der Waals surface area contributed by atoms with E-state index in [-0.39, 0.29) is 16.7 Å². The molecule has 4 rings (SSSR count). The zero-order chi connectivity index (χ0) is 21.1. The van der Waals surface area contributed by atoms with Gasteiger partial charge in [-0.05, 0) is 36.8 Å². The fraction of sp³-hybridized carbons (Fsp3) is 0.300. The molecule has 1 fully saturated rings. The van der Waals surface area contributed by atoms with Crippen molar-refractivity contribution < 1.29 is 17.7 Å². The van der Waals surface area contributed by atoms with Crippen LogP contribution >= 0.6 is 11.6 Å². The Morgan fingerprint density at radius 2 is 2.07 bits per heavy atom. The van der Waals surface area contributed by atoms with Crippen molar-refractivity contribution in [3.8, 4) is 17.2 Å². The molecule has 0 radical (unpaired) electrons. The van der Waals surface area contributed by atoms with Crippen molar-refractivity contribution in [2.24, 2.45) is 0 Å². The summed E-state index contributed by atoms with van der Waals surface area (Å²) in [5, 5.41) is 4.37. The van der Waals surface area contributed by atoms with Crippen LogP contribution in [0.1, 0.15) is 12.2 Å². The molecule has 0 aliphatic carbocycles. The van der Waals surface area contributed by atoms with Crippen LogP contribution in [0.15, 0.2) is 57.9 Å². The number of halogens is 1. The van der Waals surface area contributed by atoms with Gasteiger partial charge in [0.2, 0.25) is 10.0 Å². The lowest BCUT2D eigenvalue weighted by Crippen LogP contribution is -2.37.